The van der Waals surface area contributed by atoms with E-state index in [0.717, 1.165) is 28.0 Å². The Morgan fingerprint density at radius 2 is 1.96 bits per heavy atom. The SMILES string of the molecule is Cc1nn(C)c2sc(C(=O)OCc3ccc(C(F)(F)F)cc3)cc12. The fraction of sp³-hybridized carbons (Fsp3) is 0.250. The van der Waals surface area contributed by atoms with Gasteiger partial charge in [-0.25, -0.2) is 4.79 Å². The molecule has 0 spiro atoms. The summed E-state index contributed by atoms with van der Waals surface area (Å²) in [4.78, 5) is 13.4. The zero-order valence-corrected chi connectivity index (χ0v) is 13.7. The van der Waals surface area contributed by atoms with E-state index in [1.807, 2.05) is 6.92 Å². The standard InChI is InChI=1S/C16H13F3N2O2S/c1-9-12-7-13(24-14(12)21(2)20-9)15(22)23-8-10-3-5-11(6-4-10)16(17,18)19/h3-7H,8H2,1-2H3. The van der Waals surface area contributed by atoms with Crippen LogP contribution in [0.4, 0.5) is 13.2 Å². The number of hydrogen-bond acceptors (Lipinski definition) is 4. The molecule has 0 unspecified atom stereocenters. The molecule has 0 aliphatic heterocycles. The molecule has 4 nitrogen and oxygen atoms in total. The summed E-state index contributed by atoms with van der Waals surface area (Å²) < 4.78 is 44.4. The molecule has 0 amide bonds. The summed E-state index contributed by atoms with van der Waals surface area (Å²) in [6.07, 6.45) is -4.38. The van der Waals surface area contributed by atoms with Crippen LogP contribution in [0.5, 0.6) is 0 Å². The molecule has 0 saturated carbocycles. The molecule has 0 fully saturated rings. The van der Waals surface area contributed by atoms with Crippen LogP contribution in [-0.4, -0.2) is 15.7 Å². The van der Waals surface area contributed by atoms with Gasteiger partial charge in [-0.3, -0.25) is 4.68 Å². The molecule has 1 aromatic carbocycles. The molecule has 126 valence electrons. The number of rotatable bonds is 3. The number of hydrogen-bond donors (Lipinski definition) is 0. The van der Waals surface area contributed by atoms with Crippen LogP contribution in [-0.2, 0) is 24.6 Å². The predicted molar refractivity (Wildman–Crippen MR) is 83.9 cm³/mol. The van der Waals surface area contributed by atoms with E-state index >= 15 is 0 Å². The van der Waals surface area contributed by atoms with Crippen molar-refractivity contribution in [3.8, 4) is 0 Å². The van der Waals surface area contributed by atoms with Crippen LogP contribution in [0.25, 0.3) is 10.2 Å². The normalized spacial score (nSPS) is 11.9. The summed E-state index contributed by atoms with van der Waals surface area (Å²) in [5.74, 6) is -0.504. The van der Waals surface area contributed by atoms with Crippen LogP contribution in [0.2, 0.25) is 0 Å². The van der Waals surface area contributed by atoms with E-state index in [4.69, 9.17) is 4.74 Å². The number of fused-ring (bicyclic) bond motifs is 1. The van der Waals surface area contributed by atoms with Crippen molar-refractivity contribution in [2.75, 3.05) is 0 Å². The molecule has 2 aromatic heterocycles. The summed E-state index contributed by atoms with van der Waals surface area (Å²) in [7, 11) is 1.79. The van der Waals surface area contributed by atoms with E-state index in [2.05, 4.69) is 5.10 Å². The Hall–Kier alpha value is -2.35. The second-order valence-corrected chi connectivity index (χ2v) is 6.34. The number of aromatic nitrogens is 2. The largest absolute Gasteiger partial charge is 0.457 e. The van der Waals surface area contributed by atoms with Crippen molar-refractivity contribution in [3.05, 3.63) is 52.0 Å². The number of carbonyl (C=O) groups excluding carboxylic acids is 1. The van der Waals surface area contributed by atoms with Gasteiger partial charge in [0, 0.05) is 12.4 Å². The summed E-state index contributed by atoms with van der Waals surface area (Å²) in [6.45, 7) is 1.77. The molecule has 24 heavy (non-hydrogen) atoms. The van der Waals surface area contributed by atoms with Gasteiger partial charge in [-0.15, -0.1) is 11.3 Å². The number of esters is 1. The Morgan fingerprint density at radius 1 is 1.29 bits per heavy atom. The highest BCUT2D eigenvalue weighted by Gasteiger charge is 2.29. The maximum Gasteiger partial charge on any atom is 0.416 e. The Labute approximate surface area is 139 Å². The summed E-state index contributed by atoms with van der Waals surface area (Å²) >= 11 is 1.27. The van der Waals surface area contributed by atoms with Gasteiger partial charge in [0.25, 0.3) is 0 Å². The third-order valence-electron chi connectivity index (χ3n) is 3.55. The van der Waals surface area contributed by atoms with E-state index in [0.29, 0.717) is 10.4 Å². The van der Waals surface area contributed by atoms with Gasteiger partial charge >= 0.3 is 12.1 Å². The fourth-order valence-electron chi connectivity index (χ4n) is 2.32. The highest BCUT2D eigenvalue weighted by atomic mass is 32.1. The predicted octanol–water partition coefficient (Wildman–Crippen LogP) is 4.32. The quantitative estimate of drug-likeness (QED) is 0.658. The maximum atomic E-state index is 12.5. The van der Waals surface area contributed by atoms with Crippen LogP contribution in [0.3, 0.4) is 0 Å². The molecule has 0 aliphatic rings. The summed E-state index contributed by atoms with van der Waals surface area (Å²) in [5, 5.41) is 5.15. The molecule has 8 heteroatoms. The highest BCUT2D eigenvalue weighted by molar-refractivity contribution is 7.20. The lowest BCUT2D eigenvalue weighted by Gasteiger charge is -2.08. The Morgan fingerprint density at radius 3 is 2.54 bits per heavy atom. The second kappa shape index (κ2) is 5.94. The molecule has 3 rings (SSSR count). The second-order valence-electron chi connectivity index (χ2n) is 5.31. The van der Waals surface area contributed by atoms with Gasteiger partial charge in [0.15, 0.2) is 0 Å². The molecular weight excluding hydrogens is 341 g/mol. The van der Waals surface area contributed by atoms with Crippen LogP contribution < -0.4 is 0 Å². The first-order valence-corrected chi connectivity index (χ1v) is 7.84. The Balaban J connectivity index is 1.69. The molecule has 2 heterocycles. The first kappa shape index (κ1) is 16.5. The minimum absolute atomic E-state index is 0.0809. The molecule has 0 radical (unpaired) electrons. The van der Waals surface area contributed by atoms with Gasteiger partial charge in [-0.1, -0.05) is 12.1 Å². The highest BCUT2D eigenvalue weighted by Crippen LogP contribution is 2.30. The molecular formula is C16H13F3N2O2S. The van der Waals surface area contributed by atoms with Crippen LogP contribution in [0.1, 0.15) is 26.5 Å². The lowest BCUT2D eigenvalue weighted by atomic mass is 10.1. The van der Waals surface area contributed by atoms with Crippen LogP contribution in [0.15, 0.2) is 30.3 Å². The molecule has 0 atom stereocenters. The number of thiophene rings is 1. The van der Waals surface area contributed by atoms with Crippen molar-refractivity contribution < 1.29 is 22.7 Å². The smallest absolute Gasteiger partial charge is 0.416 e. The number of ether oxygens (including phenoxy) is 1. The van der Waals surface area contributed by atoms with Crippen molar-refractivity contribution in [1.29, 1.82) is 0 Å². The molecule has 0 saturated heterocycles. The topological polar surface area (TPSA) is 44.1 Å². The minimum atomic E-state index is -4.38. The van der Waals surface area contributed by atoms with Crippen LogP contribution >= 0.6 is 11.3 Å². The third kappa shape index (κ3) is 3.14. The van der Waals surface area contributed by atoms with Crippen molar-refractivity contribution in [1.82, 2.24) is 9.78 Å². The minimum Gasteiger partial charge on any atom is -0.457 e. The van der Waals surface area contributed by atoms with Gasteiger partial charge in [-0.2, -0.15) is 18.3 Å². The lowest BCUT2D eigenvalue weighted by Crippen LogP contribution is -2.06. The fourth-order valence-corrected chi connectivity index (χ4v) is 3.33. The average Bonchev–Trinajstić information content (AvgIpc) is 3.07. The molecule has 0 aliphatic carbocycles. The van der Waals surface area contributed by atoms with Gasteiger partial charge in [-0.05, 0) is 30.7 Å². The average molecular weight is 354 g/mol. The monoisotopic (exact) mass is 354 g/mol. The Bertz CT molecular complexity index is 860. The number of aryl methyl sites for hydroxylation is 2. The van der Waals surface area contributed by atoms with Crippen molar-refractivity contribution in [2.45, 2.75) is 19.7 Å². The van der Waals surface area contributed by atoms with Crippen molar-refractivity contribution in [2.24, 2.45) is 7.05 Å². The van der Waals surface area contributed by atoms with E-state index < -0.39 is 17.7 Å². The van der Waals surface area contributed by atoms with Gasteiger partial charge in [0.05, 0.1) is 11.3 Å². The van der Waals surface area contributed by atoms with Gasteiger partial charge in [0.2, 0.25) is 0 Å². The number of carbonyl (C=O) groups is 1. The molecule has 0 N–H and O–H groups in total. The zero-order chi connectivity index (χ0) is 17.5. The lowest BCUT2D eigenvalue weighted by molar-refractivity contribution is -0.137. The first-order valence-electron chi connectivity index (χ1n) is 7.02. The number of nitrogens with zero attached hydrogens (tertiary/aromatic N) is 2. The number of alkyl halides is 3. The van der Waals surface area contributed by atoms with Crippen molar-refractivity contribution in [3.63, 3.8) is 0 Å². The first-order chi connectivity index (χ1) is 11.3. The number of benzene rings is 1. The van der Waals surface area contributed by atoms with Gasteiger partial charge < -0.3 is 4.74 Å². The number of halogens is 3. The summed E-state index contributed by atoms with van der Waals surface area (Å²) in [6, 6.07) is 6.26. The maximum absolute atomic E-state index is 12.5. The van der Waals surface area contributed by atoms with E-state index in [1.165, 1.54) is 23.5 Å². The summed E-state index contributed by atoms with van der Waals surface area (Å²) in [5.41, 5.74) is 0.589. The van der Waals surface area contributed by atoms with Crippen LogP contribution in [0, 0.1) is 6.92 Å². The van der Waals surface area contributed by atoms with E-state index in [9.17, 15) is 18.0 Å². The molecule has 0 bridgehead atoms. The van der Waals surface area contributed by atoms with Gasteiger partial charge in [0.1, 0.15) is 16.3 Å². The van der Waals surface area contributed by atoms with E-state index in [1.54, 1.807) is 17.8 Å². The zero-order valence-electron chi connectivity index (χ0n) is 12.8. The third-order valence-corrected chi connectivity index (χ3v) is 4.73. The van der Waals surface area contributed by atoms with Crippen molar-refractivity contribution >= 4 is 27.5 Å². The molecule has 3 aromatic rings. The van der Waals surface area contributed by atoms with E-state index in [-0.39, 0.29) is 6.61 Å². The Kier molecular flexibility index (Phi) is 4.08.